The summed E-state index contributed by atoms with van der Waals surface area (Å²) in [5.74, 6) is 0.775. The van der Waals surface area contributed by atoms with E-state index in [9.17, 15) is 4.79 Å². The third-order valence-corrected chi connectivity index (χ3v) is 3.85. The Balaban J connectivity index is 0.00000288. The molecule has 1 heterocycles. The van der Waals surface area contributed by atoms with E-state index >= 15 is 0 Å². The minimum atomic E-state index is -0.501. The first kappa shape index (κ1) is 20.2. The van der Waals surface area contributed by atoms with Crippen LogP contribution >= 0.6 is 12.4 Å². The van der Waals surface area contributed by atoms with E-state index in [1.165, 1.54) is 0 Å². The second-order valence-corrected chi connectivity index (χ2v) is 5.67. The molecule has 2 unspecified atom stereocenters. The Bertz CT molecular complexity index is 616. The zero-order valence-corrected chi connectivity index (χ0v) is 14.8. The molecule has 0 aliphatic rings. The van der Waals surface area contributed by atoms with E-state index in [1.54, 1.807) is 6.26 Å². The first-order chi connectivity index (χ1) is 11.1. The predicted octanol–water partition coefficient (Wildman–Crippen LogP) is 3.73. The average molecular weight is 353 g/mol. The van der Waals surface area contributed by atoms with E-state index in [1.807, 2.05) is 50.2 Å². The second-order valence-electron chi connectivity index (χ2n) is 5.67. The molecule has 132 valence electrons. The lowest BCUT2D eigenvalue weighted by molar-refractivity contribution is -0.118. The van der Waals surface area contributed by atoms with Crippen molar-refractivity contribution in [3.05, 3.63) is 54.0 Å². The smallest absolute Gasteiger partial charge is 0.241 e. The van der Waals surface area contributed by atoms with Crippen LogP contribution in [0.3, 0.4) is 0 Å². The molecule has 0 fully saturated rings. The largest absolute Gasteiger partial charge is 0.467 e. The number of hydrogen-bond acceptors (Lipinski definition) is 4. The van der Waals surface area contributed by atoms with E-state index in [-0.39, 0.29) is 24.2 Å². The highest BCUT2D eigenvalue weighted by molar-refractivity contribution is 5.94. The standard InChI is InChI=1S/C18H24N2O3.ClH/c1-3-13(2)17(19)18(21)20-15-7-4-6-14(10-15)11-22-12-16-8-5-9-23-16;/h4-10,13,17H,3,11-12,19H2,1-2H3,(H,20,21);1H. The van der Waals surface area contributed by atoms with Crippen LogP contribution in [0.5, 0.6) is 0 Å². The molecule has 0 spiro atoms. The highest BCUT2D eigenvalue weighted by Crippen LogP contribution is 2.14. The molecule has 0 saturated heterocycles. The van der Waals surface area contributed by atoms with Crippen molar-refractivity contribution in [2.75, 3.05) is 5.32 Å². The van der Waals surface area contributed by atoms with Crippen LogP contribution in [0, 0.1) is 5.92 Å². The molecule has 5 nitrogen and oxygen atoms in total. The summed E-state index contributed by atoms with van der Waals surface area (Å²) in [5, 5.41) is 2.86. The van der Waals surface area contributed by atoms with Crippen LogP contribution in [0.15, 0.2) is 47.1 Å². The number of furan rings is 1. The molecular weight excluding hydrogens is 328 g/mol. The zero-order valence-electron chi connectivity index (χ0n) is 14.0. The van der Waals surface area contributed by atoms with Gasteiger partial charge in [0.05, 0.1) is 18.9 Å². The molecule has 1 aromatic carbocycles. The molecule has 3 N–H and O–H groups in total. The Hall–Kier alpha value is -1.82. The lowest BCUT2D eigenvalue weighted by Gasteiger charge is -2.18. The van der Waals surface area contributed by atoms with Gasteiger partial charge in [-0.15, -0.1) is 12.4 Å². The number of halogens is 1. The quantitative estimate of drug-likeness (QED) is 0.758. The van der Waals surface area contributed by atoms with Crippen LogP contribution in [0.4, 0.5) is 5.69 Å². The summed E-state index contributed by atoms with van der Waals surface area (Å²) >= 11 is 0. The molecule has 0 aliphatic carbocycles. The van der Waals surface area contributed by atoms with Crippen molar-refractivity contribution in [2.45, 2.75) is 39.5 Å². The van der Waals surface area contributed by atoms with E-state index in [0.717, 1.165) is 23.4 Å². The number of nitrogens with two attached hydrogens (primary N) is 1. The first-order valence-corrected chi connectivity index (χ1v) is 7.85. The maximum Gasteiger partial charge on any atom is 0.241 e. The Morgan fingerprint density at radius 2 is 2.08 bits per heavy atom. The number of nitrogens with one attached hydrogen (secondary N) is 1. The zero-order chi connectivity index (χ0) is 16.7. The minimum Gasteiger partial charge on any atom is -0.467 e. The third-order valence-electron chi connectivity index (χ3n) is 3.85. The fourth-order valence-electron chi connectivity index (χ4n) is 2.14. The average Bonchev–Trinajstić information content (AvgIpc) is 3.07. The van der Waals surface area contributed by atoms with Crippen molar-refractivity contribution in [1.29, 1.82) is 0 Å². The van der Waals surface area contributed by atoms with Gasteiger partial charge < -0.3 is 20.2 Å². The Morgan fingerprint density at radius 1 is 1.29 bits per heavy atom. The minimum absolute atomic E-state index is 0. The van der Waals surface area contributed by atoms with Gasteiger partial charge in [-0.2, -0.15) is 0 Å². The number of carbonyl (C=O) groups excluding carboxylic acids is 1. The van der Waals surface area contributed by atoms with E-state index in [2.05, 4.69) is 5.32 Å². The molecule has 2 rings (SSSR count). The molecular formula is C18H25ClN2O3. The summed E-state index contributed by atoms with van der Waals surface area (Å²) in [7, 11) is 0. The number of benzene rings is 1. The van der Waals surface area contributed by atoms with Gasteiger partial charge >= 0.3 is 0 Å². The number of carbonyl (C=O) groups is 1. The summed E-state index contributed by atoms with van der Waals surface area (Å²) in [6, 6.07) is 10.8. The molecule has 1 amide bonds. The van der Waals surface area contributed by atoms with Crippen LogP contribution in [-0.4, -0.2) is 11.9 Å². The maximum absolute atomic E-state index is 12.1. The maximum atomic E-state index is 12.1. The summed E-state index contributed by atoms with van der Waals surface area (Å²) in [6.45, 7) is 4.86. The molecule has 24 heavy (non-hydrogen) atoms. The van der Waals surface area contributed by atoms with Crippen molar-refractivity contribution in [3.63, 3.8) is 0 Å². The fraction of sp³-hybridized carbons (Fsp3) is 0.389. The van der Waals surface area contributed by atoms with E-state index in [0.29, 0.717) is 13.2 Å². The van der Waals surface area contributed by atoms with Gasteiger partial charge in [0, 0.05) is 5.69 Å². The monoisotopic (exact) mass is 352 g/mol. The molecule has 2 aromatic rings. The molecule has 0 bridgehead atoms. The van der Waals surface area contributed by atoms with Crippen LogP contribution in [-0.2, 0) is 22.7 Å². The summed E-state index contributed by atoms with van der Waals surface area (Å²) in [5.41, 5.74) is 7.65. The van der Waals surface area contributed by atoms with Gasteiger partial charge in [0.1, 0.15) is 12.4 Å². The van der Waals surface area contributed by atoms with Gasteiger partial charge in [-0.1, -0.05) is 32.4 Å². The highest BCUT2D eigenvalue weighted by atomic mass is 35.5. The van der Waals surface area contributed by atoms with Crippen LogP contribution in [0.2, 0.25) is 0 Å². The van der Waals surface area contributed by atoms with Gasteiger partial charge in [-0.25, -0.2) is 0 Å². The first-order valence-electron chi connectivity index (χ1n) is 7.85. The Morgan fingerprint density at radius 3 is 2.75 bits per heavy atom. The molecule has 0 radical (unpaired) electrons. The Labute approximate surface area is 149 Å². The van der Waals surface area contributed by atoms with Crippen molar-refractivity contribution in [2.24, 2.45) is 11.7 Å². The Kier molecular flexibility index (Phi) is 8.54. The van der Waals surface area contributed by atoms with E-state index < -0.39 is 6.04 Å². The van der Waals surface area contributed by atoms with Gasteiger partial charge in [-0.3, -0.25) is 4.79 Å². The summed E-state index contributed by atoms with van der Waals surface area (Å²) in [4.78, 5) is 12.1. The SMILES string of the molecule is CCC(C)C(N)C(=O)Nc1cccc(COCc2ccco2)c1.Cl. The third kappa shape index (κ3) is 6.00. The molecule has 2 atom stereocenters. The van der Waals surface area contributed by atoms with Gasteiger partial charge in [0.25, 0.3) is 0 Å². The normalized spacial score (nSPS) is 13.0. The lowest BCUT2D eigenvalue weighted by atomic mass is 9.99. The topological polar surface area (TPSA) is 77.5 Å². The van der Waals surface area contributed by atoms with Crippen molar-refractivity contribution < 1.29 is 13.9 Å². The lowest BCUT2D eigenvalue weighted by Crippen LogP contribution is -2.40. The molecule has 0 aliphatic heterocycles. The van der Waals surface area contributed by atoms with Crippen molar-refractivity contribution in [1.82, 2.24) is 0 Å². The molecule has 0 saturated carbocycles. The predicted molar refractivity (Wildman–Crippen MR) is 97.0 cm³/mol. The van der Waals surface area contributed by atoms with Crippen LogP contribution in [0.25, 0.3) is 0 Å². The second kappa shape index (κ2) is 10.1. The summed E-state index contributed by atoms with van der Waals surface area (Å²) in [6.07, 6.45) is 2.49. The number of ether oxygens (including phenoxy) is 1. The molecule has 1 aromatic heterocycles. The summed E-state index contributed by atoms with van der Waals surface area (Å²) < 4.78 is 10.8. The molecule has 6 heteroatoms. The van der Waals surface area contributed by atoms with Crippen LogP contribution < -0.4 is 11.1 Å². The highest BCUT2D eigenvalue weighted by Gasteiger charge is 2.19. The van der Waals surface area contributed by atoms with Crippen molar-refractivity contribution in [3.8, 4) is 0 Å². The van der Waals surface area contributed by atoms with Crippen molar-refractivity contribution >= 4 is 24.0 Å². The van der Waals surface area contributed by atoms with Gasteiger partial charge in [0.15, 0.2) is 0 Å². The van der Waals surface area contributed by atoms with Gasteiger partial charge in [0.2, 0.25) is 5.91 Å². The van der Waals surface area contributed by atoms with Crippen LogP contribution in [0.1, 0.15) is 31.6 Å². The fourth-order valence-corrected chi connectivity index (χ4v) is 2.14. The number of anilines is 1. The number of amides is 1. The van der Waals surface area contributed by atoms with E-state index in [4.69, 9.17) is 14.9 Å². The van der Waals surface area contributed by atoms with Gasteiger partial charge in [-0.05, 0) is 35.7 Å². The number of rotatable bonds is 8. The number of hydrogen-bond donors (Lipinski definition) is 2.